The molecule has 1 saturated carbocycles. The predicted octanol–water partition coefficient (Wildman–Crippen LogP) is 2.79. The third-order valence-corrected chi connectivity index (χ3v) is 5.13. The molecule has 3 heteroatoms. The van der Waals surface area contributed by atoms with Crippen molar-refractivity contribution in [2.24, 2.45) is 5.92 Å². The lowest BCUT2D eigenvalue weighted by molar-refractivity contribution is 0.256. The van der Waals surface area contributed by atoms with Crippen molar-refractivity contribution in [2.75, 3.05) is 6.54 Å². The van der Waals surface area contributed by atoms with Gasteiger partial charge in [0.15, 0.2) is 0 Å². The fourth-order valence-corrected chi connectivity index (χ4v) is 3.91. The average molecular weight is 273 g/mol. The number of aromatic nitrogens is 1. The predicted molar refractivity (Wildman–Crippen MR) is 82.6 cm³/mol. The van der Waals surface area contributed by atoms with E-state index in [0.29, 0.717) is 6.04 Å². The Morgan fingerprint density at radius 2 is 2.20 bits per heavy atom. The van der Waals surface area contributed by atoms with Crippen LogP contribution in [0.1, 0.15) is 49.7 Å². The molecule has 1 aromatic heterocycles. The van der Waals surface area contributed by atoms with Crippen molar-refractivity contribution in [3.05, 3.63) is 29.6 Å². The molecule has 3 unspecified atom stereocenters. The van der Waals surface area contributed by atoms with Crippen LogP contribution in [0.2, 0.25) is 0 Å². The van der Waals surface area contributed by atoms with E-state index in [1.165, 1.54) is 56.2 Å². The molecule has 0 bridgehead atoms. The maximum absolute atomic E-state index is 4.18. The third kappa shape index (κ3) is 3.21. The molecule has 110 valence electrons. The van der Waals surface area contributed by atoms with Crippen molar-refractivity contribution < 1.29 is 0 Å². The van der Waals surface area contributed by atoms with Crippen LogP contribution in [0.4, 0.5) is 0 Å². The van der Waals surface area contributed by atoms with Gasteiger partial charge >= 0.3 is 0 Å². The second-order valence-electron chi connectivity index (χ2n) is 6.44. The summed E-state index contributed by atoms with van der Waals surface area (Å²) in [6.07, 6.45) is 12.1. The molecular formula is C17H27N3. The zero-order valence-electron chi connectivity index (χ0n) is 12.6. The van der Waals surface area contributed by atoms with Crippen LogP contribution in [0.15, 0.2) is 18.5 Å². The van der Waals surface area contributed by atoms with Crippen LogP contribution in [0, 0.1) is 12.8 Å². The minimum atomic E-state index is 0.693. The Morgan fingerprint density at radius 1 is 1.25 bits per heavy atom. The highest BCUT2D eigenvalue weighted by Gasteiger charge is 2.33. The van der Waals surface area contributed by atoms with Crippen molar-refractivity contribution in [1.29, 1.82) is 0 Å². The standard InChI is InChI=1S/C17H27N3/c1-13-11-18-10-8-14(13)12-20-17-7-4-5-15(17)16-6-2-3-9-19-16/h8,10-11,15-17,19-20H,2-7,9,12H2,1H3. The summed E-state index contributed by atoms with van der Waals surface area (Å²) in [5.41, 5.74) is 2.69. The maximum Gasteiger partial charge on any atom is 0.0300 e. The molecule has 1 aliphatic heterocycles. The molecule has 2 aliphatic rings. The van der Waals surface area contributed by atoms with E-state index in [-0.39, 0.29) is 0 Å². The monoisotopic (exact) mass is 273 g/mol. The largest absolute Gasteiger partial charge is 0.314 e. The minimum Gasteiger partial charge on any atom is -0.314 e. The summed E-state index contributed by atoms with van der Waals surface area (Å²) < 4.78 is 0. The van der Waals surface area contributed by atoms with Gasteiger partial charge in [0, 0.05) is 31.0 Å². The molecule has 1 aromatic rings. The fraction of sp³-hybridized carbons (Fsp3) is 0.706. The van der Waals surface area contributed by atoms with Gasteiger partial charge in [0.2, 0.25) is 0 Å². The van der Waals surface area contributed by atoms with Crippen LogP contribution < -0.4 is 10.6 Å². The molecule has 3 nitrogen and oxygen atoms in total. The van der Waals surface area contributed by atoms with Crippen molar-refractivity contribution >= 4 is 0 Å². The van der Waals surface area contributed by atoms with E-state index in [1.54, 1.807) is 0 Å². The Balaban J connectivity index is 1.57. The molecule has 3 rings (SSSR count). The molecule has 0 radical (unpaired) electrons. The number of nitrogens with one attached hydrogen (secondary N) is 2. The second kappa shape index (κ2) is 6.68. The lowest BCUT2D eigenvalue weighted by Gasteiger charge is -2.33. The molecule has 0 aromatic carbocycles. The van der Waals surface area contributed by atoms with Gasteiger partial charge in [-0.25, -0.2) is 0 Å². The SMILES string of the molecule is Cc1cnccc1CNC1CCCC1C1CCCCN1. The highest BCUT2D eigenvalue weighted by Crippen LogP contribution is 2.32. The number of hydrogen-bond donors (Lipinski definition) is 2. The summed E-state index contributed by atoms with van der Waals surface area (Å²) in [6.45, 7) is 4.36. The Kier molecular flexibility index (Phi) is 4.69. The summed E-state index contributed by atoms with van der Waals surface area (Å²) in [4.78, 5) is 4.18. The first-order valence-corrected chi connectivity index (χ1v) is 8.21. The molecule has 2 N–H and O–H groups in total. The summed E-state index contributed by atoms with van der Waals surface area (Å²) >= 11 is 0. The molecule has 1 aliphatic carbocycles. The van der Waals surface area contributed by atoms with Gasteiger partial charge in [-0.1, -0.05) is 12.8 Å². The van der Waals surface area contributed by atoms with Crippen molar-refractivity contribution in [2.45, 2.75) is 64.1 Å². The first-order chi connectivity index (χ1) is 9.84. The topological polar surface area (TPSA) is 37.0 Å². The summed E-state index contributed by atoms with van der Waals surface area (Å²) in [7, 11) is 0. The van der Waals surface area contributed by atoms with Crippen LogP contribution in [-0.4, -0.2) is 23.6 Å². The minimum absolute atomic E-state index is 0.693. The van der Waals surface area contributed by atoms with Gasteiger partial charge in [-0.3, -0.25) is 4.98 Å². The summed E-state index contributed by atoms with van der Waals surface area (Å²) in [5, 5.41) is 7.57. The first kappa shape index (κ1) is 14.0. The van der Waals surface area contributed by atoms with Gasteiger partial charge in [0.25, 0.3) is 0 Å². The van der Waals surface area contributed by atoms with Gasteiger partial charge < -0.3 is 10.6 Å². The Hall–Kier alpha value is -0.930. The van der Waals surface area contributed by atoms with Gasteiger partial charge in [-0.05, 0) is 62.3 Å². The molecule has 1 saturated heterocycles. The number of pyridine rings is 1. The number of aryl methyl sites for hydroxylation is 1. The second-order valence-corrected chi connectivity index (χ2v) is 6.44. The summed E-state index contributed by atoms with van der Waals surface area (Å²) in [5.74, 6) is 0.831. The van der Waals surface area contributed by atoms with Crippen LogP contribution >= 0.6 is 0 Å². The Labute approximate surface area is 122 Å². The van der Waals surface area contributed by atoms with Crippen molar-refractivity contribution in [1.82, 2.24) is 15.6 Å². The Bertz CT molecular complexity index is 426. The van der Waals surface area contributed by atoms with E-state index in [9.17, 15) is 0 Å². The van der Waals surface area contributed by atoms with E-state index >= 15 is 0 Å². The van der Waals surface area contributed by atoms with Crippen LogP contribution in [0.3, 0.4) is 0 Å². The van der Waals surface area contributed by atoms with Crippen LogP contribution in [0.5, 0.6) is 0 Å². The van der Waals surface area contributed by atoms with E-state index in [1.807, 2.05) is 12.4 Å². The quantitative estimate of drug-likeness (QED) is 0.886. The lowest BCUT2D eigenvalue weighted by atomic mass is 9.88. The Morgan fingerprint density at radius 3 is 3.00 bits per heavy atom. The molecule has 3 atom stereocenters. The number of rotatable bonds is 4. The zero-order valence-corrected chi connectivity index (χ0v) is 12.6. The third-order valence-electron chi connectivity index (χ3n) is 5.13. The van der Waals surface area contributed by atoms with Crippen LogP contribution in [0.25, 0.3) is 0 Å². The van der Waals surface area contributed by atoms with Crippen molar-refractivity contribution in [3.63, 3.8) is 0 Å². The molecule has 2 heterocycles. The van der Waals surface area contributed by atoms with E-state index in [0.717, 1.165) is 18.5 Å². The molecule has 20 heavy (non-hydrogen) atoms. The first-order valence-electron chi connectivity index (χ1n) is 8.21. The average Bonchev–Trinajstić information content (AvgIpc) is 2.96. The van der Waals surface area contributed by atoms with Gasteiger partial charge in [0.05, 0.1) is 0 Å². The van der Waals surface area contributed by atoms with Gasteiger partial charge in [-0.2, -0.15) is 0 Å². The van der Waals surface area contributed by atoms with E-state index in [4.69, 9.17) is 0 Å². The number of hydrogen-bond acceptors (Lipinski definition) is 3. The highest BCUT2D eigenvalue weighted by molar-refractivity contribution is 5.21. The zero-order chi connectivity index (χ0) is 13.8. The smallest absolute Gasteiger partial charge is 0.0300 e. The van der Waals surface area contributed by atoms with E-state index < -0.39 is 0 Å². The van der Waals surface area contributed by atoms with Crippen molar-refractivity contribution in [3.8, 4) is 0 Å². The molecular weight excluding hydrogens is 246 g/mol. The molecule has 0 amide bonds. The van der Waals surface area contributed by atoms with Crippen LogP contribution in [-0.2, 0) is 6.54 Å². The highest BCUT2D eigenvalue weighted by atomic mass is 15.0. The number of piperidine rings is 1. The van der Waals surface area contributed by atoms with E-state index in [2.05, 4.69) is 28.6 Å². The molecule has 2 fully saturated rings. The normalized spacial score (nSPS) is 30.6. The maximum atomic E-state index is 4.18. The fourth-order valence-electron chi connectivity index (χ4n) is 3.91. The van der Waals surface area contributed by atoms with Gasteiger partial charge in [0.1, 0.15) is 0 Å². The number of nitrogens with zero attached hydrogens (tertiary/aromatic N) is 1. The molecule has 0 spiro atoms. The van der Waals surface area contributed by atoms with Gasteiger partial charge in [-0.15, -0.1) is 0 Å². The summed E-state index contributed by atoms with van der Waals surface area (Å²) in [6, 6.07) is 3.59. The lowest BCUT2D eigenvalue weighted by Crippen LogP contribution is -2.46.